The molecule has 0 aliphatic rings. The summed E-state index contributed by atoms with van der Waals surface area (Å²) in [5, 5.41) is 19.1. The minimum absolute atomic E-state index is 0.0640. The number of carbonyl (C=O) groups is 2. The van der Waals surface area contributed by atoms with E-state index >= 15 is 0 Å². The molecule has 0 saturated heterocycles. The highest BCUT2D eigenvalue weighted by atomic mass is 16.5. The number of hydrogen-bond donors (Lipinski definition) is 2. The highest BCUT2D eigenvalue weighted by Crippen LogP contribution is 2.25. The number of carboxylic acid groups (broad SMARTS) is 1. The van der Waals surface area contributed by atoms with Crippen LogP contribution in [0.25, 0.3) is 0 Å². The molecule has 0 atom stereocenters. The normalized spacial score (nSPS) is 10.6. The zero-order chi connectivity index (χ0) is 19.8. The summed E-state index contributed by atoms with van der Waals surface area (Å²) in [6.07, 6.45) is 4.15. The van der Waals surface area contributed by atoms with Crippen molar-refractivity contribution >= 4 is 11.8 Å². The minimum atomic E-state index is -1.15. The second-order valence-corrected chi connectivity index (χ2v) is 6.56. The van der Waals surface area contributed by atoms with Gasteiger partial charge in [-0.25, -0.2) is 4.79 Å². The molecule has 27 heavy (non-hydrogen) atoms. The van der Waals surface area contributed by atoms with Crippen LogP contribution < -0.4 is 4.74 Å². The molecular weight excluding hydrogens is 344 g/mol. The first-order chi connectivity index (χ1) is 12.9. The first kappa shape index (κ1) is 20.5. The van der Waals surface area contributed by atoms with Gasteiger partial charge in [0.25, 0.3) is 0 Å². The van der Waals surface area contributed by atoms with Crippen LogP contribution in [0.4, 0.5) is 0 Å². The van der Waals surface area contributed by atoms with Gasteiger partial charge in [0.05, 0.1) is 12.2 Å². The van der Waals surface area contributed by atoms with E-state index in [9.17, 15) is 19.8 Å². The van der Waals surface area contributed by atoms with E-state index in [1.807, 2.05) is 6.07 Å². The van der Waals surface area contributed by atoms with Gasteiger partial charge in [-0.3, -0.25) is 4.79 Å². The number of ketones is 1. The summed E-state index contributed by atoms with van der Waals surface area (Å²) in [5.41, 5.74) is 1.95. The molecule has 0 unspecified atom stereocenters. The van der Waals surface area contributed by atoms with Crippen molar-refractivity contribution in [3.05, 3.63) is 58.7 Å². The zero-order valence-corrected chi connectivity index (χ0v) is 15.8. The molecule has 0 radical (unpaired) electrons. The number of Topliss-reactive ketones (excluding diaryl/α,β-unsaturated/α-hetero) is 1. The molecule has 0 aliphatic carbocycles. The summed E-state index contributed by atoms with van der Waals surface area (Å²) in [6.45, 7) is 4.21. The molecule has 0 fully saturated rings. The number of phenols is 1. The summed E-state index contributed by atoms with van der Waals surface area (Å²) >= 11 is 0. The molecule has 5 heteroatoms. The fourth-order valence-electron chi connectivity index (χ4n) is 2.99. The molecular formula is C22H26O5. The van der Waals surface area contributed by atoms with E-state index in [-0.39, 0.29) is 17.1 Å². The molecule has 2 rings (SSSR count). The van der Waals surface area contributed by atoms with Crippen molar-refractivity contribution in [1.82, 2.24) is 0 Å². The van der Waals surface area contributed by atoms with Gasteiger partial charge in [-0.05, 0) is 55.5 Å². The Hall–Kier alpha value is -2.82. The number of benzene rings is 2. The van der Waals surface area contributed by atoms with Gasteiger partial charge in [0.1, 0.15) is 17.1 Å². The smallest absolute Gasteiger partial charge is 0.339 e. The van der Waals surface area contributed by atoms with Crippen molar-refractivity contribution in [2.45, 2.75) is 46.0 Å². The molecule has 144 valence electrons. The van der Waals surface area contributed by atoms with Gasteiger partial charge in [-0.1, -0.05) is 38.0 Å². The van der Waals surface area contributed by atoms with Crippen LogP contribution in [0.15, 0.2) is 36.4 Å². The monoisotopic (exact) mass is 370 g/mol. The van der Waals surface area contributed by atoms with E-state index in [1.165, 1.54) is 13.0 Å². The molecule has 0 spiro atoms. The van der Waals surface area contributed by atoms with Gasteiger partial charge in [0.15, 0.2) is 5.78 Å². The van der Waals surface area contributed by atoms with Crippen molar-refractivity contribution in [3.8, 4) is 11.5 Å². The van der Waals surface area contributed by atoms with E-state index in [0.29, 0.717) is 36.3 Å². The van der Waals surface area contributed by atoms with Crippen molar-refractivity contribution in [2.75, 3.05) is 6.61 Å². The predicted octanol–water partition coefficient (Wildman–Crippen LogP) is 4.65. The Labute approximate surface area is 159 Å². The molecule has 5 nitrogen and oxygen atoms in total. The predicted molar refractivity (Wildman–Crippen MR) is 104 cm³/mol. The summed E-state index contributed by atoms with van der Waals surface area (Å²) in [6, 6.07) is 10.2. The summed E-state index contributed by atoms with van der Waals surface area (Å²) < 4.78 is 5.75. The average Bonchev–Trinajstić information content (AvgIpc) is 2.63. The Morgan fingerprint density at radius 2 is 1.85 bits per heavy atom. The van der Waals surface area contributed by atoms with Gasteiger partial charge < -0.3 is 14.9 Å². The lowest BCUT2D eigenvalue weighted by Crippen LogP contribution is -2.06. The van der Waals surface area contributed by atoms with E-state index in [1.54, 1.807) is 24.3 Å². The Balaban J connectivity index is 2.14. The van der Waals surface area contributed by atoms with Crippen LogP contribution in [0.5, 0.6) is 11.5 Å². The van der Waals surface area contributed by atoms with Crippen LogP contribution in [0.1, 0.15) is 65.0 Å². The third kappa shape index (κ3) is 5.58. The van der Waals surface area contributed by atoms with Crippen molar-refractivity contribution < 1.29 is 24.5 Å². The summed E-state index contributed by atoms with van der Waals surface area (Å²) in [4.78, 5) is 23.3. The second-order valence-electron chi connectivity index (χ2n) is 6.56. The van der Waals surface area contributed by atoms with Crippen LogP contribution in [0, 0.1) is 0 Å². The Kier molecular flexibility index (Phi) is 7.41. The topological polar surface area (TPSA) is 83.8 Å². The van der Waals surface area contributed by atoms with E-state index < -0.39 is 5.97 Å². The maximum absolute atomic E-state index is 12.0. The van der Waals surface area contributed by atoms with Crippen molar-refractivity contribution in [3.63, 3.8) is 0 Å². The second kappa shape index (κ2) is 9.76. The molecule has 0 aromatic heterocycles. The first-order valence-electron chi connectivity index (χ1n) is 9.24. The summed E-state index contributed by atoms with van der Waals surface area (Å²) in [7, 11) is 0. The highest BCUT2D eigenvalue weighted by molar-refractivity contribution is 5.97. The number of hydrogen-bond acceptors (Lipinski definition) is 4. The zero-order valence-electron chi connectivity index (χ0n) is 15.8. The van der Waals surface area contributed by atoms with Gasteiger partial charge >= 0.3 is 5.97 Å². The number of rotatable bonds is 10. The fraction of sp³-hybridized carbons (Fsp3) is 0.364. The molecule has 0 aliphatic heterocycles. The number of aryl methyl sites for hydroxylation is 2. The number of carbonyl (C=O) groups excluding carboxylic acids is 1. The van der Waals surface area contributed by atoms with Crippen molar-refractivity contribution in [1.29, 1.82) is 0 Å². The summed E-state index contributed by atoms with van der Waals surface area (Å²) in [5.74, 6) is -0.861. The molecule has 2 aromatic rings. The molecule has 0 heterocycles. The lowest BCUT2D eigenvalue weighted by molar-refractivity contribution is 0.0692. The number of aromatic hydroxyl groups is 1. The first-order valence-corrected chi connectivity index (χ1v) is 9.24. The highest BCUT2D eigenvalue weighted by Gasteiger charge is 2.15. The lowest BCUT2D eigenvalue weighted by atomic mass is 9.97. The number of unbranched alkanes of at least 4 members (excludes halogenated alkanes) is 2. The van der Waals surface area contributed by atoms with Gasteiger partial charge in [-0.15, -0.1) is 0 Å². The number of carboxylic acids is 1. The van der Waals surface area contributed by atoms with Crippen LogP contribution >= 0.6 is 0 Å². The fourth-order valence-corrected chi connectivity index (χ4v) is 2.99. The SMILES string of the molecule is CCCCCOc1ccc(CCc2cccc(O)c2C(=O)O)cc1C(C)=O. The van der Waals surface area contributed by atoms with Crippen molar-refractivity contribution in [2.24, 2.45) is 0 Å². The van der Waals surface area contributed by atoms with E-state index in [0.717, 1.165) is 24.8 Å². The van der Waals surface area contributed by atoms with Gasteiger partial charge in [0, 0.05) is 0 Å². The van der Waals surface area contributed by atoms with Crippen LogP contribution in [-0.2, 0) is 12.8 Å². The molecule has 2 N–H and O–H groups in total. The van der Waals surface area contributed by atoms with Crippen LogP contribution in [0.3, 0.4) is 0 Å². The Morgan fingerprint density at radius 1 is 1.07 bits per heavy atom. The third-order valence-corrected chi connectivity index (χ3v) is 4.45. The quantitative estimate of drug-likeness (QED) is 0.470. The van der Waals surface area contributed by atoms with Crippen LogP contribution in [0.2, 0.25) is 0 Å². The third-order valence-electron chi connectivity index (χ3n) is 4.45. The standard InChI is InChI=1S/C22H26O5/c1-3-4-5-13-27-20-12-10-16(14-18(20)15(2)23)9-11-17-7-6-8-19(24)21(17)22(25)26/h6-8,10,12,14,24H,3-5,9,11,13H2,1-2H3,(H,25,26). The molecule has 0 bridgehead atoms. The van der Waals surface area contributed by atoms with Crippen LogP contribution in [-0.4, -0.2) is 28.6 Å². The maximum Gasteiger partial charge on any atom is 0.339 e. The molecule has 2 aromatic carbocycles. The van der Waals surface area contributed by atoms with Gasteiger partial charge in [-0.2, -0.15) is 0 Å². The maximum atomic E-state index is 12.0. The molecule has 0 amide bonds. The largest absolute Gasteiger partial charge is 0.507 e. The Morgan fingerprint density at radius 3 is 2.52 bits per heavy atom. The number of aromatic carboxylic acids is 1. The molecule has 0 saturated carbocycles. The average molecular weight is 370 g/mol. The van der Waals surface area contributed by atoms with Gasteiger partial charge in [0.2, 0.25) is 0 Å². The lowest BCUT2D eigenvalue weighted by Gasteiger charge is -2.12. The number of ether oxygens (including phenoxy) is 1. The van der Waals surface area contributed by atoms with E-state index in [2.05, 4.69) is 6.92 Å². The van der Waals surface area contributed by atoms with E-state index in [4.69, 9.17) is 4.74 Å². The minimum Gasteiger partial charge on any atom is -0.507 e. The Bertz CT molecular complexity index is 810.